The minimum absolute atomic E-state index is 0.301. The van der Waals surface area contributed by atoms with E-state index in [0.29, 0.717) is 16.5 Å². The molecule has 1 saturated carbocycles. The molecule has 0 radical (unpaired) electrons. The van der Waals surface area contributed by atoms with Crippen LogP contribution in [0.15, 0.2) is 0 Å². The smallest absolute Gasteiger partial charge is 0.0192 e. The Morgan fingerprint density at radius 2 is 1.50 bits per heavy atom. The highest BCUT2D eigenvalue weighted by atomic mass is 15.3. The molecule has 2 heterocycles. The van der Waals surface area contributed by atoms with Gasteiger partial charge in [0.1, 0.15) is 0 Å². The third-order valence-corrected chi connectivity index (χ3v) is 5.55. The Labute approximate surface area is 114 Å². The van der Waals surface area contributed by atoms with Gasteiger partial charge in [0, 0.05) is 17.1 Å². The molecule has 2 saturated heterocycles. The van der Waals surface area contributed by atoms with Gasteiger partial charge < -0.3 is 0 Å². The van der Waals surface area contributed by atoms with Crippen LogP contribution in [0.5, 0.6) is 0 Å². The van der Waals surface area contributed by atoms with Crippen molar-refractivity contribution in [3.63, 3.8) is 0 Å². The lowest BCUT2D eigenvalue weighted by Gasteiger charge is -2.66. The lowest BCUT2D eigenvalue weighted by Crippen LogP contribution is -2.70. The van der Waals surface area contributed by atoms with Gasteiger partial charge in [-0.25, -0.2) is 0 Å². The standard InChI is InChI=1S/C17H33N/c1-15(2,3)14-11-12-9-10-13(14)17(7,8)18(12)16(4,5)6/h12-14H,9-11H2,1-8H3/t12-,13+,14?/m1/s1. The molecule has 1 heteroatoms. The van der Waals surface area contributed by atoms with Gasteiger partial charge >= 0.3 is 0 Å². The summed E-state index contributed by atoms with van der Waals surface area (Å²) in [6.45, 7) is 19.5. The molecular weight excluding hydrogens is 218 g/mol. The number of rotatable bonds is 0. The minimum atomic E-state index is 0.301. The Morgan fingerprint density at radius 3 is 1.89 bits per heavy atom. The van der Waals surface area contributed by atoms with Crippen LogP contribution in [-0.2, 0) is 0 Å². The first kappa shape index (κ1) is 14.4. The zero-order valence-corrected chi connectivity index (χ0v) is 13.8. The number of nitrogens with zero attached hydrogens (tertiary/aromatic N) is 1. The van der Waals surface area contributed by atoms with E-state index in [1.54, 1.807) is 0 Å². The fraction of sp³-hybridized carbons (Fsp3) is 1.00. The molecular formula is C17H33N. The molecule has 1 nitrogen and oxygen atoms in total. The zero-order chi connectivity index (χ0) is 13.9. The summed E-state index contributed by atoms with van der Waals surface area (Å²) in [6, 6.07) is 0.800. The summed E-state index contributed by atoms with van der Waals surface area (Å²) in [7, 11) is 0. The molecule has 1 aliphatic carbocycles. The summed E-state index contributed by atoms with van der Waals surface area (Å²) in [5.41, 5.74) is 1.12. The van der Waals surface area contributed by atoms with Crippen molar-refractivity contribution >= 4 is 0 Å². The number of fused-ring (bicyclic) bond motifs is 3. The van der Waals surface area contributed by atoms with Crippen LogP contribution in [0.2, 0.25) is 0 Å². The summed E-state index contributed by atoms with van der Waals surface area (Å²) in [5, 5.41) is 0. The van der Waals surface area contributed by atoms with Crippen LogP contribution in [-0.4, -0.2) is 22.0 Å². The van der Waals surface area contributed by atoms with Gasteiger partial charge in [0.15, 0.2) is 0 Å². The van der Waals surface area contributed by atoms with Crippen molar-refractivity contribution in [1.82, 2.24) is 4.90 Å². The topological polar surface area (TPSA) is 3.24 Å². The predicted octanol–water partition coefficient (Wildman–Crippen LogP) is 4.71. The summed E-state index contributed by atoms with van der Waals surface area (Å²) in [5.74, 6) is 1.76. The van der Waals surface area contributed by atoms with Crippen molar-refractivity contribution in [3.05, 3.63) is 0 Å². The van der Waals surface area contributed by atoms with Crippen LogP contribution < -0.4 is 0 Å². The molecule has 3 aliphatic rings. The predicted molar refractivity (Wildman–Crippen MR) is 79.7 cm³/mol. The van der Waals surface area contributed by atoms with E-state index in [9.17, 15) is 0 Å². The maximum Gasteiger partial charge on any atom is 0.0192 e. The molecule has 3 rings (SSSR count). The first-order valence-corrected chi connectivity index (χ1v) is 7.75. The highest BCUT2D eigenvalue weighted by Gasteiger charge is 2.56. The van der Waals surface area contributed by atoms with Gasteiger partial charge in [0.05, 0.1) is 0 Å². The molecule has 2 bridgehead atoms. The van der Waals surface area contributed by atoms with Crippen molar-refractivity contribution in [2.75, 3.05) is 0 Å². The highest BCUT2D eigenvalue weighted by Crippen LogP contribution is 2.56. The van der Waals surface area contributed by atoms with Gasteiger partial charge in [-0.15, -0.1) is 0 Å². The van der Waals surface area contributed by atoms with Crippen LogP contribution in [0, 0.1) is 17.3 Å². The first-order valence-electron chi connectivity index (χ1n) is 7.75. The molecule has 0 aromatic heterocycles. The van der Waals surface area contributed by atoms with Crippen molar-refractivity contribution in [3.8, 4) is 0 Å². The van der Waals surface area contributed by atoms with Gasteiger partial charge in [-0.3, -0.25) is 4.90 Å². The maximum absolute atomic E-state index is 2.83. The van der Waals surface area contributed by atoms with E-state index < -0.39 is 0 Å². The molecule has 18 heavy (non-hydrogen) atoms. The van der Waals surface area contributed by atoms with E-state index in [2.05, 4.69) is 60.3 Å². The molecule has 1 unspecified atom stereocenters. The normalized spacial score (nSPS) is 37.0. The van der Waals surface area contributed by atoms with Crippen LogP contribution in [0.4, 0.5) is 0 Å². The monoisotopic (exact) mass is 251 g/mol. The molecule has 0 aromatic carbocycles. The summed E-state index contributed by atoms with van der Waals surface area (Å²) in [4.78, 5) is 2.83. The molecule has 3 fully saturated rings. The van der Waals surface area contributed by atoms with Crippen LogP contribution >= 0.6 is 0 Å². The molecule has 2 aliphatic heterocycles. The second-order valence-electron chi connectivity index (χ2n) is 9.24. The molecule has 0 aromatic rings. The highest BCUT2D eigenvalue weighted by molar-refractivity contribution is 5.10. The van der Waals surface area contributed by atoms with E-state index in [-0.39, 0.29) is 0 Å². The fourth-order valence-corrected chi connectivity index (χ4v) is 5.25. The number of piperidine rings is 2. The van der Waals surface area contributed by atoms with Crippen molar-refractivity contribution < 1.29 is 0 Å². The van der Waals surface area contributed by atoms with E-state index in [1.807, 2.05) is 0 Å². The molecule has 0 N–H and O–H groups in total. The Balaban J connectivity index is 2.35. The Hall–Kier alpha value is -0.0400. The Morgan fingerprint density at radius 1 is 0.944 bits per heavy atom. The third-order valence-electron chi connectivity index (χ3n) is 5.55. The Bertz CT molecular complexity index is 315. The van der Waals surface area contributed by atoms with Crippen LogP contribution in [0.25, 0.3) is 0 Å². The summed E-state index contributed by atoms with van der Waals surface area (Å²) >= 11 is 0. The van der Waals surface area contributed by atoms with Gasteiger partial charge in [0.2, 0.25) is 0 Å². The summed E-state index contributed by atoms with van der Waals surface area (Å²) in [6.07, 6.45) is 4.26. The minimum Gasteiger partial charge on any atom is -0.290 e. The van der Waals surface area contributed by atoms with Gasteiger partial charge in [-0.1, -0.05) is 20.8 Å². The lowest BCUT2D eigenvalue weighted by molar-refractivity contribution is -0.161. The van der Waals surface area contributed by atoms with Crippen LogP contribution in [0.1, 0.15) is 74.7 Å². The third kappa shape index (κ3) is 2.13. The average Bonchev–Trinajstić information content (AvgIpc) is 2.12. The second-order valence-corrected chi connectivity index (χ2v) is 9.24. The SMILES string of the molecule is CC(C)(C)C1C[C@H]2CC[C@@H]1C(C)(C)N2C(C)(C)C. The molecule has 3 atom stereocenters. The largest absolute Gasteiger partial charge is 0.290 e. The molecule has 0 amide bonds. The van der Waals surface area contributed by atoms with Gasteiger partial charge in [0.25, 0.3) is 0 Å². The van der Waals surface area contributed by atoms with Gasteiger partial charge in [-0.2, -0.15) is 0 Å². The van der Waals surface area contributed by atoms with Crippen molar-refractivity contribution in [2.24, 2.45) is 17.3 Å². The summed E-state index contributed by atoms with van der Waals surface area (Å²) < 4.78 is 0. The van der Waals surface area contributed by atoms with Crippen molar-refractivity contribution in [1.29, 1.82) is 0 Å². The van der Waals surface area contributed by atoms with Gasteiger partial charge in [-0.05, 0) is 71.1 Å². The number of hydrogen-bond acceptors (Lipinski definition) is 1. The molecule has 0 spiro atoms. The number of hydrogen-bond donors (Lipinski definition) is 0. The average molecular weight is 251 g/mol. The van der Waals surface area contributed by atoms with E-state index in [0.717, 1.165) is 17.9 Å². The van der Waals surface area contributed by atoms with E-state index in [1.165, 1.54) is 19.3 Å². The lowest BCUT2D eigenvalue weighted by atomic mass is 9.55. The maximum atomic E-state index is 2.83. The van der Waals surface area contributed by atoms with Crippen LogP contribution in [0.3, 0.4) is 0 Å². The quantitative estimate of drug-likeness (QED) is 0.602. The van der Waals surface area contributed by atoms with Crippen molar-refractivity contribution in [2.45, 2.75) is 91.8 Å². The zero-order valence-electron chi connectivity index (χ0n) is 13.8. The second kappa shape index (κ2) is 3.98. The Kier molecular flexibility index (Phi) is 3.17. The van der Waals surface area contributed by atoms with E-state index >= 15 is 0 Å². The fourth-order valence-electron chi connectivity index (χ4n) is 5.25. The van der Waals surface area contributed by atoms with E-state index in [4.69, 9.17) is 0 Å². The molecule has 106 valence electrons. The first-order chi connectivity index (χ1) is 7.95.